The lowest BCUT2D eigenvalue weighted by Crippen LogP contribution is -2.30. The van der Waals surface area contributed by atoms with E-state index in [0.29, 0.717) is 5.39 Å². The van der Waals surface area contributed by atoms with Crippen molar-refractivity contribution in [3.8, 4) is 0 Å². The van der Waals surface area contributed by atoms with E-state index in [1.807, 2.05) is 73.9 Å². The quantitative estimate of drug-likeness (QED) is 0.530. The SMILES string of the molecule is Bc1ccc2nc(C)n(C(Cc3ccccc3)c3ccccc3)c(=O)c2c1. The van der Waals surface area contributed by atoms with Gasteiger partial charge in [0.2, 0.25) is 0 Å². The van der Waals surface area contributed by atoms with E-state index >= 15 is 0 Å². The highest BCUT2D eigenvalue weighted by atomic mass is 16.1. The third-order valence-corrected chi connectivity index (χ3v) is 5.00. The Morgan fingerprint density at radius 1 is 0.963 bits per heavy atom. The first-order chi connectivity index (χ1) is 13.1. The van der Waals surface area contributed by atoms with Crippen LogP contribution in [0.3, 0.4) is 0 Å². The lowest BCUT2D eigenvalue weighted by molar-refractivity contribution is 0.541. The van der Waals surface area contributed by atoms with Crippen LogP contribution in [0.25, 0.3) is 10.9 Å². The molecule has 0 aliphatic carbocycles. The van der Waals surface area contributed by atoms with Crippen molar-refractivity contribution in [3.05, 3.63) is 106 Å². The number of benzene rings is 3. The minimum atomic E-state index is -0.0986. The van der Waals surface area contributed by atoms with E-state index in [2.05, 4.69) is 24.3 Å². The van der Waals surface area contributed by atoms with Gasteiger partial charge in [0.1, 0.15) is 13.7 Å². The van der Waals surface area contributed by atoms with E-state index < -0.39 is 0 Å². The van der Waals surface area contributed by atoms with Crippen LogP contribution in [0, 0.1) is 6.92 Å². The van der Waals surface area contributed by atoms with E-state index in [0.717, 1.165) is 28.8 Å². The van der Waals surface area contributed by atoms with Crippen molar-refractivity contribution in [3.63, 3.8) is 0 Å². The fourth-order valence-corrected chi connectivity index (χ4v) is 3.66. The van der Waals surface area contributed by atoms with Gasteiger partial charge in [0.25, 0.3) is 5.56 Å². The molecule has 1 atom stereocenters. The molecule has 4 heteroatoms. The van der Waals surface area contributed by atoms with Crippen LogP contribution < -0.4 is 11.0 Å². The molecule has 0 radical (unpaired) electrons. The van der Waals surface area contributed by atoms with Crippen molar-refractivity contribution < 1.29 is 0 Å². The van der Waals surface area contributed by atoms with Gasteiger partial charge < -0.3 is 0 Å². The molecule has 0 aliphatic heterocycles. The maximum atomic E-state index is 13.4. The Morgan fingerprint density at radius 3 is 2.33 bits per heavy atom. The fraction of sp³-hybridized carbons (Fsp3) is 0.130. The first-order valence-corrected chi connectivity index (χ1v) is 9.22. The van der Waals surface area contributed by atoms with Gasteiger partial charge in [-0.2, -0.15) is 0 Å². The van der Waals surface area contributed by atoms with E-state index in [4.69, 9.17) is 4.98 Å². The average Bonchev–Trinajstić information content (AvgIpc) is 2.69. The maximum Gasteiger partial charge on any atom is 0.261 e. The van der Waals surface area contributed by atoms with E-state index in [1.54, 1.807) is 0 Å². The summed E-state index contributed by atoms with van der Waals surface area (Å²) >= 11 is 0. The molecule has 0 fully saturated rings. The standard InChI is InChI=1S/C23H21BN2O/c1-16-25-21-13-12-19(24)15-20(21)23(27)26(16)22(18-10-6-3-7-11-18)14-17-8-4-2-5-9-17/h2-13,15,22H,14,24H2,1H3. The summed E-state index contributed by atoms with van der Waals surface area (Å²) in [7, 11) is 2.00. The molecule has 0 saturated carbocycles. The lowest BCUT2D eigenvalue weighted by Gasteiger charge is -2.23. The number of fused-ring (bicyclic) bond motifs is 1. The molecular formula is C23H21BN2O. The van der Waals surface area contributed by atoms with Crippen molar-refractivity contribution in [1.29, 1.82) is 0 Å². The second-order valence-corrected chi connectivity index (χ2v) is 6.97. The van der Waals surface area contributed by atoms with Gasteiger partial charge in [0.15, 0.2) is 0 Å². The molecule has 0 spiro atoms. The molecule has 0 aliphatic rings. The minimum absolute atomic E-state index is 0.0194. The Labute approximate surface area is 159 Å². The molecule has 3 aromatic carbocycles. The summed E-state index contributed by atoms with van der Waals surface area (Å²) in [6.45, 7) is 1.92. The Morgan fingerprint density at radius 2 is 1.63 bits per heavy atom. The van der Waals surface area contributed by atoms with Gasteiger partial charge in [-0.15, -0.1) is 0 Å². The third-order valence-electron chi connectivity index (χ3n) is 5.00. The van der Waals surface area contributed by atoms with Crippen LogP contribution in [-0.4, -0.2) is 17.4 Å². The summed E-state index contributed by atoms with van der Waals surface area (Å²) in [5, 5.41) is 0.676. The van der Waals surface area contributed by atoms with Crippen molar-refractivity contribution in [2.24, 2.45) is 0 Å². The largest absolute Gasteiger partial charge is 0.288 e. The Balaban J connectivity index is 1.93. The second-order valence-electron chi connectivity index (χ2n) is 6.97. The molecule has 0 bridgehead atoms. The van der Waals surface area contributed by atoms with Crippen LogP contribution in [0.15, 0.2) is 83.7 Å². The highest BCUT2D eigenvalue weighted by Crippen LogP contribution is 2.23. The van der Waals surface area contributed by atoms with Crippen LogP contribution in [0.1, 0.15) is 23.0 Å². The van der Waals surface area contributed by atoms with Gasteiger partial charge in [-0.1, -0.05) is 78.3 Å². The number of nitrogens with zero attached hydrogens (tertiary/aromatic N) is 2. The summed E-state index contributed by atoms with van der Waals surface area (Å²) < 4.78 is 1.85. The molecule has 27 heavy (non-hydrogen) atoms. The second kappa shape index (κ2) is 7.24. The van der Waals surface area contributed by atoms with Crippen molar-refractivity contribution in [1.82, 2.24) is 9.55 Å². The highest BCUT2D eigenvalue weighted by Gasteiger charge is 2.20. The molecule has 0 saturated heterocycles. The zero-order valence-corrected chi connectivity index (χ0v) is 15.6. The molecule has 1 heterocycles. The summed E-state index contributed by atoms with van der Waals surface area (Å²) in [6, 6.07) is 26.3. The summed E-state index contributed by atoms with van der Waals surface area (Å²) in [5.74, 6) is 0.737. The molecule has 0 N–H and O–H groups in total. The van der Waals surface area contributed by atoms with Crippen LogP contribution in [0.4, 0.5) is 0 Å². The zero-order chi connectivity index (χ0) is 18.8. The molecule has 4 aromatic rings. The van der Waals surface area contributed by atoms with Crippen molar-refractivity contribution in [2.45, 2.75) is 19.4 Å². The predicted octanol–water partition coefficient (Wildman–Crippen LogP) is 2.80. The van der Waals surface area contributed by atoms with Gasteiger partial charge in [0, 0.05) is 0 Å². The Kier molecular flexibility index (Phi) is 4.63. The summed E-state index contributed by atoms with van der Waals surface area (Å²) in [4.78, 5) is 18.2. The van der Waals surface area contributed by atoms with Gasteiger partial charge >= 0.3 is 0 Å². The minimum Gasteiger partial charge on any atom is -0.288 e. The van der Waals surface area contributed by atoms with Crippen molar-refractivity contribution >= 4 is 24.2 Å². The number of hydrogen-bond donors (Lipinski definition) is 0. The zero-order valence-electron chi connectivity index (χ0n) is 15.6. The lowest BCUT2D eigenvalue weighted by atomic mass is 9.94. The van der Waals surface area contributed by atoms with Crippen molar-refractivity contribution in [2.75, 3.05) is 0 Å². The smallest absolute Gasteiger partial charge is 0.261 e. The van der Waals surface area contributed by atoms with Gasteiger partial charge in [0.05, 0.1) is 16.9 Å². The molecule has 1 unspecified atom stereocenters. The topological polar surface area (TPSA) is 34.9 Å². The van der Waals surface area contributed by atoms with E-state index in [-0.39, 0.29) is 11.6 Å². The molecule has 1 aromatic heterocycles. The van der Waals surface area contributed by atoms with Crippen LogP contribution in [0.5, 0.6) is 0 Å². The summed E-state index contributed by atoms with van der Waals surface area (Å²) in [5.41, 5.74) is 4.15. The fourth-order valence-electron chi connectivity index (χ4n) is 3.66. The van der Waals surface area contributed by atoms with Gasteiger partial charge in [-0.05, 0) is 30.5 Å². The molecule has 3 nitrogen and oxygen atoms in total. The van der Waals surface area contributed by atoms with Crippen LogP contribution in [0.2, 0.25) is 0 Å². The monoisotopic (exact) mass is 352 g/mol. The molecule has 132 valence electrons. The predicted molar refractivity (Wildman–Crippen MR) is 114 cm³/mol. The Bertz CT molecular complexity index is 1140. The van der Waals surface area contributed by atoms with E-state index in [1.165, 1.54) is 5.56 Å². The number of hydrogen-bond acceptors (Lipinski definition) is 2. The third kappa shape index (κ3) is 3.43. The normalized spacial score (nSPS) is 12.2. The maximum absolute atomic E-state index is 13.4. The first kappa shape index (κ1) is 17.3. The Hall–Kier alpha value is -3.14. The summed E-state index contributed by atoms with van der Waals surface area (Å²) in [6.07, 6.45) is 0.741. The van der Waals surface area contributed by atoms with Crippen LogP contribution in [-0.2, 0) is 6.42 Å². The van der Waals surface area contributed by atoms with Crippen LogP contribution >= 0.6 is 0 Å². The molecule has 4 rings (SSSR count). The highest BCUT2D eigenvalue weighted by molar-refractivity contribution is 6.33. The van der Waals surface area contributed by atoms with E-state index in [9.17, 15) is 4.79 Å². The average molecular weight is 352 g/mol. The number of aryl methyl sites for hydroxylation is 1. The van der Waals surface area contributed by atoms with Gasteiger partial charge in [-0.3, -0.25) is 9.36 Å². The molecule has 0 amide bonds. The number of aromatic nitrogens is 2. The number of rotatable bonds is 4. The first-order valence-electron chi connectivity index (χ1n) is 9.22. The van der Waals surface area contributed by atoms with Gasteiger partial charge in [-0.25, -0.2) is 4.98 Å². The molecular weight excluding hydrogens is 331 g/mol.